The molecule has 6 nitrogen and oxygen atoms in total. The number of anilines is 2. The summed E-state index contributed by atoms with van der Waals surface area (Å²) < 4.78 is 38.4. The molecule has 0 aliphatic heterocycles. The second-order valence-electron chi connectivity index (χ2n) is 3.60. The van der Waals surface area contributed by atoms with Gasteiger partial charge in [0, 0.05) is 5.56 Å². The van der Waals surface area contributed by atoms with Gasteiger partial charge in [0.15, 0.2) is 0 Å². The van der Waals surface area contributed by atoms with Crippen LogP contribution in [0.25, 0.3) is 0 Å². The van der Waals surface area contributed by atoms with Crippen molar-refractivity contribution >= 4 is 28.1 Å². The molecule has 0 aliphatic rings. The Balaban J connectivity index is 2.31. The number of alkyl halides is 3. The van der Waals surface area contributed by atoms with E-state index in [2.05, 4.69) is 15.5 Å². The minimum absolute atomic E-state index is 0.161. The third-order valence-electron chi connectivity index (χ3n) is 2.32. The molecule has 0 saturated carbocycles. The summed E-state index contributed by atoms with van der Waals surface area (Å²) in [4.78, 5) is 11.8. The van der Waals surface area contributed by atoms with Gasteiger partial charge in [0.2, 0.25) is 5.13 Å². The standard InChI is InChI=1S/C10H8F3N5OS/c11-10(12,13)6-3-5(1-2-7(6)17-14)8(19)16-9-18-15-4-20-9/h1-4,17H,14H2,(H,16,18,19). The summed E-state index contributed by atoms with van der Waals surface area (Å²) in [6.45, 7) is 0. The maximum absolute atomic E-state index is 12.8. The molecule has 0 spiro atoms. The number of halogens is 3. The molecule has 10 heteroatoms. The number of hydrogen-bond acceptors (Lipinski definition) is 6. The molecule has 4 N–H and O–H groups in total. The lowest BCUT2D eigenvalue weighted by Gasteiger charge is -2.13. The summed E-state index contributed by atoms with van der Waals surface area (Å²) in [5.41, 5.74) is 1.83. The highest BCUT2D eigenvalue weighted by atomic mass is 32.1. The average molecular weight is 303 g/mol. The summed E-state index contributed by atoms with van der Waals surface area (Å²) in [6, 6.07) is 3.02. The van der Waals surface area contributed by atoms with E-state index in [1.807, 2.05) is 5.43 Å². The first-order valence-electron chi connectivity index (χ1n) is 5.17. The van der Waals surface area contributed by atoms with Gasteiger partial charge in [-0.2, -0.15) is 13.2 Å². The van der Waals surface area contributed by atoms with Crippen molar-refractivity contribution in [1.82, 2.24) is 10.2 Å². The van der Waals surface area contributed by atoms with Crippen molar-refractivity contribution in [2.75, 3.05) is 10.7 Å². The maximum atomic E-state index is 12.8. The molecule has 0 saturated heterocycles. The largest absolute Gasteiger partial charge is 0.418 e. The van der Waals surface area contributed by atoms with E-state index < -0.39 is 17.6 Å². The van der Waals surface area contributed by atoms with Gasteiger partial charge in [-0.25, -0.2) is 0 Å². The van der Waals surface area contributed by atoms with Crippen molar-refractivity contribution in [2.24, 2.45) is 5.84 Å². The van der Waals surface area contributed by atoms with Crippen molar-refractivity contribution in [3.8, 4) is 0 Å². The van der Waals surface area contributed by atoms with Gasteiger partial charge in [-0.15, -0.1) is 10.2 Å². The van der Waals surface area contributed by atoms with E-state index in [1.54, 1.807) is 0 Å². The lowest BCUT2D eigenvalue weighted by atomic mass is 10.1. The van der Waals surface area contributed by atoms with E-state index >= 15 is 0 Å². The van der Waals surface area contributed by atoms with Crippen LogP contribution in [0.5, 0.6) is 0 Å². The number of benzene rings is 1. The Morgan fingerprint density at radius 1 is 1.35 bits per heavy atom. The summed E-state index contributed by atoms with van der Waals surface area (Å²) in [5, 5.41) is 9.61. The smallest absolute Gasteiger partial charge is 0.324 e. The number of rotatable bonds is 3. The highest BCUT2D eigenvalue weighted by molar-refractivity contribution is 7.13. The molecule has 1 amide bonds. The fourth-order valence-electron chi connectivity index (χ4n) is 1.44. The number of amides is 1. The van der Waals surface area contributed by atoms with Crippen molar-refractivity contribution in [3.63, 3.8) is 0 Å². The van der Waals surface area contributed by atoms with E-state index in [-0.39, 0.29) is 16.4 Å². The Kier molecular flexibility index (Phi) is 3.86. The van der Waals surface area contributed by atoms with Crippen molar-refractivity contribution in [1.29, 1.82) is 0 Å². The zero-order valence-electron chi connectivity index (χ0n) is 9.73. The predicted molar refractivity (Wildman–Crippen MR) is 67.1 cm³/mol. The van der Waals surface area contributed by atoms with Crippen molar-refractivity contribution in [2.45, 2.75) is 6.18 Å². The second-order valence-corrected chi connectivity index (χ2v) is 4.43. The molecule has 20 heavy (non-hydrogen) atoms. The number of nitrogen functional groups attached to an aromatic ring is 1. The van der Waals surface area contributed by atoms with Crippen LogP contribution in [-0.4, -0.2) is 16.1 Å². The van der Waals surface area contributed by atoms with E-state index in [0.717, 1.165) is 17.4 Å². The van der Waals surface area contributed by atoms with Crippen molar-refractivity contribution < 1.29 is 18.0 Å². The fraction of sp³-hybridized carbons (Fsp3) is 0.100. The fourth-order valence-corrected chi connectivity index (χ4v) is 1.88. The minimum atomic E-state index is -4.62. The molecule has 0 aliphatic carbocycles. The van der Waals surface area contributed by atoms with Crippen LogP contribution >= 0.6 is 11.3 Å². The molecule has 0 unspecified atom stereocenters. The maximum Gasteiger partial charge on any atom is 0.418 e. The molecule has 1 aromatic carbocycles. The van der Waals surface area contributed by atoms with Gasteiger partial charge in [-0.1, -0.05) is 11.3 Å². The van der Waals surface area contributed by atoms with Crippen LogP contribution in [0, 0.1) is 0 Å². The van der Waals surface area contributed by atoms with Crippen LogP contribution in [0.3, 0.4) is 0 Å². The summed E-state index contributed by atoms with van der Waals surface area (Å²) >= 11 is 1.05. The number of hydrazine groups is 1. The third-order valence-corrected chi connectivity index (χ3v) is 2.93. The Hall–Kier alpha value is -2.20. The Bertz CT molecular complexity index is 614. The normalized spacial score (nSPS) is 11.2. The van der Waals surface area contributed by atoms with E-state index in [0.29, 0.717) is 6.07 Å². The third kappa shape index (κ3) is 3.03. The Morgan fingerprint density at radius 3 is 2.65 bits per heavy atom. The van der Waals surface area contributed by atoms with Gasteiger partial charge in [-0.05, 0) is 18.2 Å². The number of carbonyl (C=O) groups excluding carboxylic acids is 1. The van der Waals surface area contributed by atoms with Crippen LogP contribution in [0.1, 0.15) is 15.9 Å². The zero-order valence-corrected chi connectivity index (χ0v) is 10.5. The molecule has 0 fully saturated rings. The molecule has 1 aromatic heterocycles. The lowest BCUT2D eigenvalue weighted by molar-refractivity contribution is -0.137. The number of carbonyl (C=O) groups is 1. The summed E-state index contributed by atoms with van der Waals surface area (Å²) in [7, 11) is 0. The van der Waals surface area contributed by atoms with E-state index in [4.69, 9.17) is 5.84 Å². The summed E-state index contributed by atoms with van der Waals surface area (Å²) in [5.74, 6) is 4.30. The zero-order chi connectivity index (χ0) is 14.8. The van der Waals surface area contributed by atoms with Crippen LogP contribution in [0.4, 0.5) is 24.0 Å². The van der Waals surface area contributed by atoms with Crippen LogP contribution in [0.2, 0.25) is 0 Å². The van der Waals surface area contributed by atoms with Crippen LogP contribution < -0.4 is 16.6 Å². The highest BCUT2D eigenvalue weighted by Gasteiger charge is 2.34. The van der Waals surface area contributed by atoms with Crippen molar-refractivity contribution in [3.05, 3.63) is 34.8 Å². The highest BCUT2D eigenvalue weighted by Crippen LogP contribution is 2.35. The van der Waals surface area contributed by atoms with Gasteiger partial charge in [0.05, 0.1) is 11.3 Å². The molecular weight excluding hydrogens is 295 g/mol. The van der Waals surface area contributed by atoms with Gasteiger partial charge >= 0.3 is 6.18 Å². The molecule has 0 atom stereocenters. The molecule has 2 aromatic rings. The first-order valence-corrected chi connectivity index (χ1v) is 6.05. The second kappa shape index (κ2) is 5.43. The quantitative estimate of drug-likeness (QED) is 0.596. The topological polar surface area (TPSA) is 92.9 Å². The predicted octanol–water partition coefficient (Wildman–Crippen LogP) is 2.09. The molecular formula is C10H8F3N5OS. The summed E-state index contributed by atoms with van der Waals surface area (Å²) in [6.07, 6.45) is -4.62. The number of aromatic nitrogens is 2. The monoisotopic (exact) mass is 303 g/mol. The molecule has 106 valence electrons. The van der Waals surface area contributed by atoms with Gasteiger partial charge < -0.3 is 5.43 Å². The first kappa shape index (κ1) is 14.2. The molecule has 0 bridgehead atoms. The number of nitrogens with zero attached hydrogens (tertiary/aromatic N) is 2. The first-order chi connectivity index (χ1) is 9.41. The van der Waals surface area contributed by atoms with Gasteiger partial charge in [-0.3, -0.25) is 16.0 Å². The van der Waals surface area contributed by atoms with E-state index in [1.165, 1.54) is 11.6 Å². The SMILES string of the molecule is NNc1ccc(C(=O)Nc2nncs2)cc1C(F)(F)F. The Morgan fingerprint density at radius 2 is 2.10 bits per heavy atom. The average Bonchev–Trinajstić information content (AvgIpc) is 2.89. The molecule has 1 heterocycles. The lowest BCUT2D eigenvalue weighted by Crippen LogP contribution is -2.18. The number of hydrogen-bond donors (Lipinski definition) is 3. The van der Waals surface area contributed by atoms with Crippen LogP contribution in [-0.2, 0) is 6.18 Å². The van der Waals surface area contributed by atoms with E-state index in [9.17, 15) is 18.0 Å². The number of nitrogens with one attached hydrogen (secondary N) is 2. The van der Waals surface area contributed by atoms with Gasteiger partial charge in [0.25, 0.3) is 5.91 Å². The van der Waals surface area contributed by atoms with Gasteiger partial charge in [0.1, 0.15) is 5.51 Å². The van der Waals surface area contributed by atoms with Crippen LogP contribution in [0.15, 0.2) is 23.7 Å². The Labute approximate surface area is 114 Å². The molecule has 2 rings (SSSR count). The number of nitrogens with two attached hydrogens (primary N) is 1. The minimum Gasteiger partial charge on any atom is -0.324 e. The molecule has 0 radical (unpaired) electrons.